The van der Waals surface area contributed by atoms with E-state index in [-0.39, 0.29) is 34.8 Å². The van der Waals surface area contributed by atoms with Crippen molar-refractivity contribution in [2.75, 3.05) is 18.0 Å². The summed E-state index contributed by atoms with van der Waals surface area (Å²) >= 11 is 0. The second-order valence-electron chi connectivity index (χ2n) is 7.22. The number of carboxylic acid groups (broad SMARTS) is 1. The van der Waals surface area contributed by atoms with Gasteiger partial charge in [0.05, 0.1) is 5.39 Å². The van der Waals surface area contributed by atoms with Crippen LogP contribution in [-0.4, -0.2) is 39.8 Å². The molecule has 1 aliphatic heterocycles. The van der Waals surface area contributed by atoms with E-state index in [0.717, 1.165) is 25.3 Å². The molecular formula is C18H21FN4O3. The van der Waals surface area contributed by atoms with Crippen molar-refractivity contribution in [1.82, 2.24) is 9.55 Å². The van der Waals surface area contributed by atoms with E-state index in [1.165, 1.54) is 6.20 Å². The first-order chi connectivity index (χ1) is 12.4. The van der Waals surface area contributed by atoms with Gasteiger partial charge in [0.15, 0.2) is 11.6 Å². The molecule has 0 bridgehead atoms. The Morgan fingerprint density at radius 3 is 2.73 bits per heavy atom. The smallest absolute Gasteiger partial charge is 0.341 e. The fourth-order valence-electron chi connectivity index (χ4n) is 3.74. The summed E-state index contributed by atoms with van der Waals surface area (Å²) in [6, 6.07) is 1.18. The molecule has 2 aromatic heterocycles. The van der Waals surface area contributed by atoms with Crippen LogP contribution in [-0.2, 0) is 0 Å². The number of aromatic carboxylic acids is 1. The Hall–Kier alpha value is -2.48. The first kappa shape index (κ1) is 17.0. The Bertz CT molecular complexity index is 954. The number of anilines is 1. The highest BCUT2D eigenvalue weighted by Gasteiger charge is 2.33. The lowest BCUT2D eigenvalue weighted by atomic mass is 10.0. The van der Waals surface area contributed by atoms with Crippen LogP contribution in [0.5, 0.6) is 0 Å². The fourth-order valence-corrected chi connectivity index (χ4v) is 3.74. The zero-order valence-corrected chi connectivity index (χ0v) is 14.5. The van der Waals surface area contributed by atoms with Gasteiger partial charge in [0.2, 0.25) is 5.43 Å². The minimum atomic E-state index is -1.31. The number of hydrogen-bond acceptors (Lipinski definition) is 5. The van der Waals surface area contributed by atoms with Gasteiger partial charge in [-0.15, -0.1) is 0 Å². The third kappa shape index (κ3) is 2.65. The lowest BCUT2D eigenvalue weighted by Crippen LogP contribution is -2.30. The second-order valence-corrected chi connectivity index (χ2v) is 7.22. The predicted octanol–water partition coefficient (Wildman–Crippen LogP) is 1.74. The standard InChI is InChI=1S/C18H21FN4O3/c1-2-9-6-22(8-14(9)20)17-13(19)5-11-15(24)12(18(25)26)7-23(10-3-4-10)16(11)21-17/h5,7,9-10,14H,2-4,6,8,20H2,1H3,(H,25,26). The number of fused-ring (bicyclic) bond motifs is 1. The molecule has 2 aliphatic rings. The minimum absolute atomic E-state index is 0.00795. The molecule has 7 nitrogen and oxygen atoms in total. The maximum atomic E-state index is 14.8. The van der Waals surface area contributed by atoms with Gasteiger partial charge in [-0.05, 0) is 24.8 Å². The predicted molar refractivity (Wildman–Crippen MR) is 95.2 cm³/mol. The topological polar surface area (TPSA) is 101 Å². The number of hydrogen-bond donors (Lipinski definition) is 2. The molecule has 3 heterocycles. The molecule has 0 spiro atoms. The van der Waals surface area contributed by atoms with Gasteiger partial charge >= 0.3 is 5.97 Å². The lowest BCUT2D eigenvalue weighted by Gasteiger charge is -2.20. The molecule has 1 saturated heterocycles. The van der Waals surface area contributed by atoms with Gasteiger partial charge in [-0.25, -0.2) is 14.2 Å². The maximum Gasteiger partial charge on any atom is 0.341 e. The summed E-state index contributed by atoms with van der Waals surface area (Å²) in [5, 5.41) is 9.29. The van der Waals surface area contributed by atoms with E-state index in [4.69, 9.17) is 5.73 Å². The minimum Gasteiger partial charge on any atom is -0.477 e. The Balaban J connectivity index is 1.89. The Kier molecular flexibility index (Phi) is 3.95. The molecule has 2 atom stereocenters. The monoisotopic (exact) mass is 360 g/mol. The van der Waals surface area contributed by atoms with Crippen molar-refractivity contribution in [1.29, 1.82) is 0 Å². The molecule has 2 unspecified atom stereocenters. The van der Waals surface area contributed by atoms with Crippen LogP contribution >= 0.6 is 0 Å². The average Bonchev–Trinajstić information content (AvgIpc) is 3.37. The van der Waals surface area contributed by atoms with E-state index in [1.807, 2.05) is 4.90 Å². The number of nitrogens with two attached hydrogens (primary N) is 1. The van der Waals surface area contributed by atoms with Crippen LogP contribution in [0.15, 0.2) is 17.1 Å². The Labute approximate surface area is 149 Å². The third-order valence-corrected chi connectivity index (χ3v) is 5.43. The number of carboxylic acids is 1. The summed E-state index contributed by atoms with van der Waals surface area (Å²) < 4.78 is 16.5. The van der Waals surface area contributed by atoms with Gasteiger partial charge in [-0.3, -0.25) is 4.79 Å². The van der Waals surface area contributed by atoms with Crippen molar-refractivity contribution >= 4 is 22.8 Å². The quantitative estimate of drug-likeness (QED) is 0.861. The summed E-state index contributed by atoms with van der Waals surface area (Å²) in [6.45, 7) is 3.18. The summed E-state index contributed by atoms with van der Waals surface area (Å²) in [5.74, 6) is -1.48. The first-order valence-electron chi connectivity index (χ1n) is 8.90. The highest BCUT2D eigenvalue weighted by Crippen LogP contribution is 2.37. The van der Waals surface area contributed by atoms with E-state index in [0.29, 0.717) is 18.7 Å². The number of nitrogens with zero attached hydrogens (tertiary/aromatic N) is 3. The van der Waals surface area contributed by atoms with Crippen molar-refractivity contribution < 1.29 is 14.3 Å². The Morgan fingerprint density at radius 1 is 1.42 bits per heavy atom. The molecule has 1 aliphatic carbocycles. The van der Waals surface area contributed by atoms with Gasteiger partial charge in [-0.2, -0.15) is 0 Å². The molecule has 3 N–H and O–H groups in total. The molecule has 4 rings (SSSR count). The van der Waals surface area contributed by atoms with E-state index >= 15 is 0 Å². The molecule has 0 radical (unpaired) electrons. The van der Waals surface area contributed by atoms with E-state index in [2.05, 4.69) is 11.9 Å². The van der Waals surface area contributed by atoms with Crippen LogP contribution < -0.4 is 16.1 Å². The second kappa shape index (κ2) is 6.05. The molecular weight excluding hydrogens is 339 g/mol. The van der Waals surface area contributed by atoms with Crippen molar-refractivity contribution in [3.63, 3.8) is 0 Å². The van der Waals surface area contributed by atoms with Gasteiger partial charge in [0, 0.05) is 31.4 Å². The SMILES string of the molecule is CCC1CN(c2nc3c(cc2F)c(=O)c(C(=O)O)cn3C2CC2)CC1N. The number of rotatable bonds is 4. The molecule has 0 aromatic carbocycles. The van der Waals surface area contributed by atoms with Crippen molar-refractivity contribution in [2.24, 2.45) is 11.7 Å². The van der Waals surface area contributed by atoms with Crippen LogP contribution in [0.1, 0.15) is 42.6 Å². The van der Waals surface area contributed by atoms with Gasteiger partial charge < -0.3 is 20.3 Å². The van der Waals surface area contributed by atoms with E-state index in [1.54, 1.807) is 4.57 Å². The Morgan fingerprint density at radius 2 is 2.15 bits per heavy atom. The van der Waals surface area contributed by atoms with E-state index in [9.17, 15) is 19.1 Å². The molecule has 1 saturated carbocycles. The average molecular weight is 360 g/mol. The van der Waals surface area contributed by atoms with Crippen LogP contribution in [0.25, 0.3) is 11.0 Å². The third-order valence-electron chi connectivity index (χ3n) is 5.43. The van der Waals surface area contributed by atoms with Crippen LogP contribution in [0.2, 0.25) is 0 Å². The highest BCUT2D eigenvalue weighted by atomic mass is 19.1. The molecule has 2 fully saturated rings. The van der Waals surface area contributed by atoms with E-state index < -0.39 is 17.2 Å². The van der Waals surface area contributed by atoms with Crippen LogP contribution in [0, 0.1) is 11.7 Å². The summed E-state index contributed by atoms with van der Waals surface area (Å²) in [5.41, 5.74) is 5.42. The van der Waals surface area contributed by atoms with Gasteiger partial charge in [-0.1, -0.05) is 13.3 Å². The van der Waals surface area contributed by atoms with Gasteiger partial charge in [0.25, 0.3) is 0 Å². The van der Waals surface area contributed by atoms with Crippen LogP contribution in [0.3, 0.4) is 0 Å². The summed E-state index contributed by atoms with van der Waals surface area (Å²) in [7, 11) is 0. The largest absolute Gasteiger partial charge is 0.477 e. The number of carbonyl (C=O) groups is 1. The highest BCUT2D eigenvalue weighted by molar-refractivity contribution is 5.92. The molecule has 138 valence electrons. The van der Waals surface area contributed by atoms with Gasteiger partial charge in [0.1, 0.15) is 11.2 Å². The zero-order chi connectivity index (χ0) is 18.6. The maximum absolute atomic E-state index is 14.8. The van der Waals surface area contributed by atoms with Crippen molar-refractivity contribution in [3.05, 3.63) is 33.9 Å². The summed E-state index contributed by atoms with van der Waals surface area (Å²) in [6.07, 6.45) is 4.02. The molecule has 26 heavy (non-hydrogen) atoms. The summed E-state index contributed by atoms with van der Waals surface area (Å²) in [4.78, 5) is 30.1. The van der Waals surface area contributed by atoms with Crippen molar-refractivity contribution in [2.45, 2.75) is 38.3 Å². The molecule has 2 aromatic rings. The normalized spacial score (nSPS) is 23.0. The van der Waals surface area contributed by atoms with Crippen molar-refractivity contribution in [3.8, 4) is 0 Å². The number of aromatic nitrogens is 2. The number of pyridine rings is 2. The zero-order valence-electron chi connectivity index (χ0n) is 14.5. The molecule has 8 heteroatoms. The molecule has 0 amide bonds. The fraction of sp³-hybridized carbons (Fsp3) is 0.500. The number of halogens is 1. The first-order valence-corrected chi connectivity index (χ1v) is 8.90. The lowest BCUT2D eigenvalue weighted by molar-refractivity contribution is 0.0695. The van der Waals surface area contributed by atoms with Crippen LogP contribution in [0.4, 0.5) is 10.2 Å².